The minimum absolute atomic E-state index is 0.125. The standard InChI is InChI=1S/C19H15Cl2FN2O3/c1-10(17(25)23-7-6-11-2-4-12(22)5-3-11)24-18(26)13-8-15(20)16(21)9-14(13)19(24)27/h2-5,8-10H,6-7H2,1H3,(H,23,25). The maximum absolute atomic E-state index is 12.9. The Morgan fingerprint density at radius 1 is 1.07 bits per heavy atom. The van der Waals surface area contributed by atoms with Crippen LogP contribution in [-0.4, -0.2) is 35.2 Å². The molecule has 2 aromatic carbocycles. The van der Waals surface area contributed by atoms with Crippen LogP contribution in [0.15, 0.2) is 36.4 Å². The van der Waals surface area contributed by atoms with E-state index in [-0.39, 0.29) is 33.5 Å². The van der Waals surface area contributed by atoms with Crippen molar-refractivity contribution in [3.63, 3.8) is 0 Å². The molecule has 1 aliphatic heterocycles. The van der Waals surface area contributed by atoms with Crippen molar-refractivity contribution < 1.29 is 18.8 Å². The number of carbonyl (C=O) groups excluding carboxylic acids is 3. The molecule has 3 amide bonds. The van der Waals surface area contributed by atoms with E-state index in [1.54, 1.807) is 12.1 Å². The molecule has 0 aliphatic carbocycles. The third-order valence-electron chi connectivity index (χ3n) is 4.35. The molecule has 27 heavy (non-hydrogen) atoms. The van der Waals surface area contributed by atoms with Gasteiger partial charge in [0.1, 0.15) is 11.9 Å². The number of rotatable bonds is 5. The Morgan fingerprint density at radius 2 is 1.59 bits per heavy atom. The molecule has 0 aromatic heterocycles. The summed E-state index contributed by atoms with van der Waals surface area (Å²) in [5, 5.41) is 3.01. The van der Waals surface area contributed by atoms with Crippen LogP contribution in [0.4, 0.5) is 4.39 Å². The molecule has 1 heterocycles. The zero-order chi connectivity index (χ0) is 19.7. The Morgan fingerprint density at radius 3 is 2.11 bits per heavy atom. The molecule has 140 valence electrons. The summed E-state index contributed by atoms with van der Waals surface area (Å²) in [5.74, 6) is -1.98. The number of hydrogen-bond donors (Lipinski definition) is 1. The summed E-state index contributed by atoms with van der Waals surface area (Å²) in [6.45, 7) is 1.76. The van der Waals surface area contributed by atoms with Gasteiger partial charge in [-0.1, -0.05) is 35.3 Å². The second-order valence-electron chi connectivity index (χ2n) is 6.14. The Hall–Kier alpha value is -2.44. The van der Waals surface area contributed by atoms with Crippen LogP contribution in [0.25, 0.3) is 0 Å². The third-order valence-corrected chi connectivity index (χ3v) is 5.07. The molecule has 5 nitrogen and oxygen atoms in total. The van der Waals surface area contributed by atoms with Crippen molar-refractivity contribution in [3.05, 3.63) is 69.0 Å². The van der Waals surface area contributed by atoms with Crippen LogP contribution < -0.4 is 5.32 Å². The van der Waals surface area contributed by atoms with E-state index >= 15 is 0 Å². The third kappa shape index (κ3) is 3.82. The highest BCUT2D eigenvalue weighted by Gasteiger charge is 2.41. The van der Waals surface area contributed by atoms with Gasteiger partial charge in [-0.15, -0.1) is 0 Å². The number of nitrogens with one attached hydrogen (secondary N) is 1. The molecule has 0 bridgehead atoms. The monoisotopic (exact) mass is 408 g/mol. The van der Waals surface area contributed by atoms with Gasteiger partial charge in [0.2, 0.25) is 5.91 Å². The van der Waals surface area contributed by atoms with E-state index in [0.717, 1.165) is 10.5 Å². The van der Waals surface area contributed by atoms with Gasteiger partial charge >= 0.3 is 0 Å². The number of halogens is 3. The molecule has 1 atom stereocenters. The highest BCUT2D eigenvalue weighted by Crippen LogP contribution is 2.32. The minimum atomic E-state index is -0.997. The van der Waals surface area contributed by atoms with Crippen LogP contribution in [0.1, 0.15) is 33.2 Å². The van der Waals surface area contributed by atoms with Gasteiger partial charge in [0.05, 0.1) is 21.2 Å². The van der Waals surface area contributed by atoms with Gasteiger partial charge in [-0.25, -0.2) is 4.39 Å². The maximum Gasteiger partial charge on any atom is 0.262 e. The first-order valence-corrected chi connectivity index (χ1v) is 8.94. The second kappa shape index (κ2) is 7.66. The largest absolute Gasteiger partial charge is 0.354 e. The summed E-state index contributed by atoms with van der Waals surface area (Å²) in [4.78, 5) is 38.3. The predicted molar refractivity (Wildman–Crippen MR) is 99.5 cm³/mol. The van der Waals surface area contributed by atoms with E-state index in [1.807, 2.05) is 0 Å². The first-order valence-electron chi connectivity index (χ1n) is 8.18. The number of carbonyl (C=O) groups is 3. The van der Waals surface area contributed by atoms with E-state index in [0.29, 0.717) is 6.42 Å². The number of benzene rings is 2. The summed E-state index contributed by atoms with van der Waals surface area (Å²) in [7, 11) is 0. The fourth-order valence-electron chi connectivity index (χ4n) is 2.85. The Bertz CT molecular complexity index is 890. The number of hydrogen-bond acceptors (Lipinski definition) is 3. The average Bonchev–Trinajstić information content (AvgIpc) is 2.87. The predicted octanol–water partition coefficient (Wildman–Crippen LogP) is 3.48. The van der Waals surface area contributed by atoms with Gasteiger partial charge in [0.15, 0.2) is 0 Å². The molecule has 0 saturated heterocycles. The van der Waals surface area contributed by atoms with E-state index in [4.69, 9.17) is 23.2 Å². The van der Waals surface area contributed by atoms with Crippen LogP contribution in [0, 0.1) is 5.82 Å². The Balaban J connectivity index is 1.65. The Labute approximate surface area is 165 Å². The summed E-state index contributed by atoms with van der Waals surface area (Å²) in [6, 6.07) is 7.61. The van der Waals surface area contributed by atoms with Crippen LogP contribution >= 0.6 is 23.2 Å². The van der Waals surface area contributed by atoms with Gasteiger partial charge in [-0.3, -0.25) is 19.3 Å². The molecule has 1 aliphatic rings. The highest BCUT2D eigenvalue weighted by molar-refractivity contribution is 6.43. The van der Waals surface area contributed by atoms with E-state index in [2.05, 4.69) is 5.32 Å². The Kier molecular flexibility index (Phi) is 5.48. The molecule has 8 heteroatoms. The normalized spacial score (nSPS) is 14.3. The average molecular weight is 409 g/mol. The fraction of sp³-hybridized carbons (Fsp3) is 0.211. The molecule has 2 aromatic rings. The lowest BCUT2D eigenvalue weighted by Gasteiger charge is -2.21. The summed E-state index contributed by atoms with van der Waals surface area (Å²) in [5.41, 5.74) is 1.11. The van der Waals surface area contributed by atoms with Crippen molar-refractivity contribution in [2.45, 2.75) is 19.4 Å². The number of imide groups is 1. The molecule has 1 N–H and O–H groups in total. The van der Waals surface area contributed by atoms with E-state index in [1.165, 1.54) is 31.2 Å². The maximum atomic E-state index is 12.9. The van der Waals surface area contributed by atoms with Crippen molar-refractivity contribution in [2.24, 2.45) is 0 Å². The van der Waals surface area contributed by atoms with Gasteiger partial charge < -0.3 is 5.32 Å². The van der Waals surface area contributed by atoms with Gasteiger partial charge in [0, 0.05) is 6.54 Å². The van der Waals surface area contributed by atoms with Gasteiger partial charge in [-0.05, 0) is 43.2 Å². The molecule has 0 fully saturated rings. The first-order chi connectivity index (χ1) is 12.8. The van der Waals surface area contributed by atoms with E-state index in [9.17, 15) is 18.8 Å². The lowest BCUT2D eigenvalue weighted by molar-refractivity contribution is -0.124. The molecule has 0 saturated carbocycles. The smallest absolute Gasteiger partial charge is 0.262 e. The molecule has 1 unspecified atom stereocenters. The van der Waals surface area contributed by atoms with Gasteiger partial charge in [0.25, 0.3) is 11.8 Å². The topological polar surface area (TPSA) is 66.5 Å². The zero-order valence-corrected chi connectivity index (χ0v) is 15.8. The fourth-order valence-corrected chi connectivity index (χ4v) is 3.18. The van der Waals surface area contributed by atoms with Crippen molar-refractivity contribution in [1.82, 2.24) is 10.2 Å². The molecular weight excluding hydrogens is 394 g/mol. The summed E-state index contributed by atoms with van der Waals surface area (Å²) >= 11 is 11.8. The highest BCUT2D eigenvalue weighted by atomic mass is 35.5. The molecule has 0 radical (unpaired) electrons. The van der Waals surface area contributed by atoms with Crippen LogP contribution in [-0.2, 0) is 11.2 Å². The lowest BCUT2D eigenvalue weighted by atomic mass is 10.1. The van der Waals surface area contributed by atoms with Crippen LogP contribution in [0.3, 0.4) is 0 Å². The van der Waals surface area contributed by atoms with Gasteiger partial charge in [-0.2, -0.15) is 0 Å². The van der Waals surface area contributed by atoms with Crippen molar-refractivity contribution in [1.29, 1.82) is 0 Å². The number of amides is 3. The number of nitrogens with zero attached hydrogens (tertiary/aromatic N) is 1. The van der Waals surface area contributed by atoms with E-state index < -0.39 is 23.8 Å². The SMILES string of the molecule is CC(C(=O)NCCc1ccc(F)cc1)N1C(=O)c2cc(Cl)c(Cl)cc2C1=O. The minimum Gasteiger partial charge on any atom is -0.354 e. The first kappa shape index (κ1) is 19.3. The van der Waals surface area contributed by atoms with Crippen molar-refractivity contribution >= 4 is 40.9 Å². The molecule has 0 spiro atoms. The quantitative estimate of drug-likeness (QED) is 0.770. The second-order valence-corrected chi connectivity index (χ2v) is 6.95. The van der Waals surface area contributed by atoms with Crippen molar-refractivity contribution in [2.75, 3.05) is 6.54 Å². The lowest BCUT2D eigenvalue weighted by Crippen LogP contribution is -2.48. The molecular formula is C19H15Cl2FN2O3. The van der Waals surface area contributed by atoms with Crippen molar-refractivity contribution in [3.8, 4) is 0 Å². The number of fused-ring (bicyclic) bond motifs is 1. The summed E-state index contributed by atoms with van der Waals surface area (Å²) in [6.07, 6.45) is 0.492. The van der Waals surface area contributed by atoms with Crippen LogP contribution in [0.2, 0.25) is 10.0 Å². The summed E-state index contributed by atoms with van der Waals surface area (Å²) < 4.78 is 12.9. The molecule has 3 rings (SSSR count). The zero-order valence-electron chi connectivity index (χ0n) is 14.3. The van der Waals surface area contributed by atoms with Crippen LogP contribution in [0.5, 0.6) is 0 Å².